The van der Waals surface area contributed by atoms with Crippen molar-refractivity contribution in [2.24, 2.45) is 0 Å². The van der Waals surface area contributed by atoms with Gasteiger partial charge in [-0.05, 0) is 42.3 Å². The molecule has 0 bridgehead atoms. The van der Waals surface area contributed by atoms with Crippen LogP contribution in [0.1, 0.15) is 23.7 Å². The number of hydrogen-bond acceptors (Lipinski definition) is 7. The van der Waals surface area contributed by atoms with Crippen molar-refractivity contribution in [3.8, 4) is 22.9 Å². The molecule has 2 unspecified atom stereocenters. The number of aromatic nitrogens is 3. The van der Waals surface area contributed by atoms with Crippen LogP contribution in [0.5, 0.6) is 11.6 Å². The number of alkyl halides is 1. The van der Waals surface area contributed by atoms with Crippen molar-refractivity contribution in [3.05, 3.63) is 94.5 Å². The van der Waals surface area contributed by atoms with Crippen LogP contribution < -0.4 is 14.8 Å². The maximum absolute atomic E-state index is 15.1. The molecule has 0 aliphatic carbocycles. The monoisotopic (exact) mass is 625 g/mol. The van der Waals surface area contributed by atoms with Crippen LogP contribution in [0, 0.1) is 23.3 Å². The highest BCUT2D eigenvalue weighted by molar-refractivity contribution is 7.91. The molecule has 0 saturated carbocycles. The molecule has 0 radical (unpaired) electrons. The number of nitrogens with one attached hydrogen (secondary N) is 2. The number of sulfonamides is 1. The smallest absolute Gasteiger partial charge is 0.237 e. The minimum atomic E-state index is -4.52. The first-order chi connectivity index (χ1) is 20.0. The quantitative estimate of drug-likeness (QED) is 0.186. The number of anilines is 1. The molecule has 2 atom stereocenters. The van der Waals surface area contributed by atoms with Crippen LogP contribution in [0.4, 0.5) is 27.6 Å². The Kier molecular flexibility index (Phi) is 8.57. The summed E-state index contributed by atoms with van der Waals surface area (Å²) >= 11 is 5.85. The predicted molar refractivity (Wildman–Crippen MR) is 144 cm³/mol. The Bertz CT molecular complexity index is 1750. The molecule has 2 aromatic heterocycles. The molecule has 42 heavy (non-hydrogen) atoms. The van der Waals surface area contributed by atoms with Gasteiger partial charge in [-0.2, -0.15) is 4.39 Å². The lowest BCUT2D eigenvalue weighted by Gasteiger charge is -2.24. The lowest BCUT2D eigenvalue weighted by Crippen LogP contribution is -2.36. The maximum Gasteiger partial charge on any atom is 0.237 e. The van der Waals surface area contributed by atoms with Crippen LogP contribution in [0.3, 0.4) is 0 Å². The SMILES string of the molecule is O=S(=O)(Cc1ccc(F)cc1Cl)Nc1c(F)cc(Oc2ncccc2-c2ccnc(C3CNCC(F)C3)n2)c(F)c1F. The van der Waals surface area contributed by atoms with E-state index < -0.39 is 56.7 Å². The largest absolute Gasteiger partial charge is 0.435 e. The van der Waals surface area contributed by atoms with Gasteiger partial charge in [0.05, 0.1) is 17.0 Å². The Morgan fingerprint density at radius 2 is 1.83 bits per heavy atom. The van der Waals surface area contributed by atoms with Crippen LogP contribution >= 0.6 is 11.6 Å². The van der Waals surface area contributed by atoms with Gasteiger partial charge in [-0.25, -0.2) is 40.9 Å². The molecule has 1 aliphatic rings. The highest BCUT2D eigenvalue weighted by Gasteiger charge is 2.27. The van der Waals surface area contributed by atoms with Crippen molar-refractivity contribution in [2.75, 3.05) is 17.8 Å². The summed E-state index contributed by atoms with van der Waals surface area (Å²) in [5.41, 5.74) is -0.823. The highest BCUT2D eigenvalue weighted by atomic mass is 35.5. The Hall–Kier alpha value is -3.88. The second-order valence-electron chi connectivity index (χ2n) is 9.40. The topological polar surface area (TPSA) is 106 Å². The van der Waals surface area contributed by atoms with Gasteiger partial charge in [0.2, 0.25) is 21.7 Å². The third-order valence-corrected chi connectivity index (χ3v) is 7.89. The molecule has 3 heterocycles. The van der Waals surface area contributed by atoms with Gasteiger partial charge < -0.3 is 10.1 Å². The lowest BCUT2D eigenvalue weighted by atomic mass is 9.97. The maximum atomic E-state index is 15.1. The van der Waals surface area contributed by atoms with Crippen molar-refractivity contribution in [1.29, 1.82) is 0 Å². The van der Waals surface area contributed by atoms with Crippen molar-refractivity contribution in [1.82, 2.24) is 20.3 Å². The number of halogens is 6. The zero-order chi connectivity index (χ0) is 30.0. The molecule has 5 rings (SSSR count). The van der Waals surface area contributed by atoms with E-state index in [-0.39, 0.29) is 46.6 Å². The fourth-order valence-electron chi connectivity index (χ4n) is 4.35. The van der Waals surface area contributed by atoms with Crippen LogP contribution in [0.15, 0.2) is 54.9 Å². The van der Waals surface area contributed by atoms with Crippen LogP contribution in [-0.4, -0.2) is 42.6 Å². The lowest BCUT2D eigenvalue weighted by molar-refractivity contribution is 0.243. The molecule has 2 N–H and O–H groups in total. The average molecular weight is 626 g/mol. The van der Waals surface area contributed by atoms with E-state index in [1.807, 2.05) is 0 Å². The molecule has 0 spiro atoms. The highest BCUT2D eigenvalue weighted by Crippen LogP contribution is 2.36. The molecule has 220 valence electrons. The first-order valence-electron chi connectivity index (χ1n) is 12.4. The summed E-state index contributed by atoms with van der Waals surface area (Å²) in [6, 6.07) is 7.96. The average Bonchev–Trinajstić information content (AvgIpc) is 2.96. The summed E-state index contributed by atoms with van der Waals surface area (Å²) < 4.78 is 104. The van der Waals surface area contributed by atoms with E-state index in [1.165, 1.54) is 30.6 Å². The Morgan fingerprint density at radius 3 is 2.60 bits per heavy atom. The van der Waals surface area contributed by atoms with Crippen LogP contribution in [0.25, 0.3) is 11.3 Å². The van der Waals surface area contributed by atoms with E-state index in [0.29, 0.717) is 18.4 Å². The Labute approximate surface area is 242 Å². The number of hydrogen-bond donors (Lipinski definition) is 2. The Morgan fingerprint density at radius 1 is 1.02 bits per heavy atom. The number of piperidine rings is 1. The summed E-state index contributed by atoms with van der Waals surface area (Å²) in [6.45, 7) is 0.704. The molecule has 15 heteroatoms. The van der Waals surface area contributed by atoms with Crippen LogP contribution in [0.2, 0.25) is 5.02 Å². The third-order valence-electron chi connectivity index (χ3n) is 6.33. The summed E-state index contributed by atoms with van der Waals surface area (Å²) in [7, 11) is -4.52. The molecule has 1 saturated heterocycles. The first-order valence-corrected chi connectivity index (χ1v) is 14.5. The van der Waals surface area contributed by atoms with Gasteiger partial charge in [0.1, 0.15) is 23.5 Å². The second kappa shape index (κ2) is 12.2. The first kappa shape index (κ1) is 29.6. The summed E-state index contributed by atoms with van der Waals surface area (Å²) in [5, 5.41) is 2.75. The fraction of sp³-hybridized carbons (Fsp3) is 0.222. The predicted octanol–water partition coefficient (Wildman–Crippen LogP) is 5.90. The molecular formula is C27H21ClF5N5O3S. The number of rotatable bonds is 8. The number of ether oxygens (including phenoxy) is 1. The summed E-state index contributed by atoms with van der Waals surface area (Å²) in [6.07, 6.45) is 1.92. The molecule has 0 amide bonds. The van der Waals surface area contributed by atoms with Gasteiger partial charge in [0.15, 0.2) is 17.4 Å². The van der Waals surface area contributed by atoms with Gasteiger partial charge in [0.25, 0.3) is 0 Å². The zero-order valence-corrected chi connectivity index (χ0v) is 23.0. The molecule has 8 nitrogen and oxygen atoms in total. The van der Waals surface area contributed by atoms with Gasteiger partial charge in [0, 0.05) is 42.5 Å². The second-order valence-corrected chi connectivity index (χ2v) is 11.5. The molecule has 2 aromatic carbocycles. The van der Waals surface area contributed by atoms with Crippen molar-refractivity contribution in [3.63, 3.8) is 0 Å². The van der Waals surface area contributed by atoms with E-state index in [4.69, 9.17) is 16.3 Å². The molecule has 4 aromatic rings. The normalized spacial score (nSPS) is 17.2. The molecular weight excluding hydrogens is 605 g/mol. The standard InChI is InChI=1S/C27H21ClF5N5O3S/c28-19-9-16(29)4-3-14(19)13-42(39,40)38-25-20(31)10-22(23(32)24(25)33)41-27-18(2-1-6-36-27)21-5-7-35-26(37-21)15-8-17(30)12-34-11-15/h1-7,9-10,15,17,34,38H,8,11-13H2. The van der Waals surface area contributed by atoms with E-state index >= 15 is 4.39 Å². The van der Waals surface area contributed by atoms with E-state index in [2.05, 4.69) is 20.3 Å². The van der Waals surface area contributed by atoms with Crippen molar-refractivity contribution in [2.45, 2.75) is 24.3 Å². The zero-order valence-electron chi connectivity index (χ0n) is 21.4. The van der Waals surface area contributed by atoms with E-state index in [9.17, 15) is 26.0 Å². The summed E-state index contributed by atoms with van der Waals surface area (Å²) in [5.74, 6) is -7.75. The molecule has 1 aliphatic heterocycles. The number of benzene rings is 2. The third kappa shape index (κ3) is 6.61. The van der Waals surface area contributed by atoms with E-state index in [1.54, 1.807) is 4.72 Å². The fourth-order valence-corrected chi connectivity index (χ4v) is 5.90. The minimum absolute atomic E-state index is 0.0494. The van der Waals surface area contributed by atoms with Gasteiger partial charge in [-0.1, -0.05) is 17.7 Å². The van der Waals surface area contributed by atoms with Crippen molar-refractivity contribution >= 4 is 27.3 Å². The van der Waals surface area contributed by atoms with Gasteiger partial charge >= 0.3 is 0 Å². The van der Waals surface area contributed by atoms with Gasteiger partial charge in [-0.15, -0.1) is 0 Å². The van der Waals surface area contributed by atoms with E-state index in [0.717, 1.165) is 18.2 Å². The minimum Gasteiger partial charge on any atom is -0.435 e. The Balaban J connectivity index is 1.40. The number of pyridine rings is 1. The van der Waals surface area contributed by atoms with Crippen molar-refractivity contribution < 1.29 is 35.1 Å². The summed E-state index contributed by atoms with van der Waals surface area (Å²) in [4.78, 5) is 12.7. The number of nitrogens with zero attached hydrogens (tertiary/aromatic N) is 3. The van der Waals surface area contributed by atoms with Gasteiger partial charge in [-0.3, -0.25) is 4.72 Å². The molecule has 1 fully saturated rings. The van der Waals surface area contributed by atoms with Crippen LogP contribution in [-0.2, 0) is 15.8 Å².